The van der Waals surface area contributed by atoms with Gasteiger partial charge in [-0.25, -0.2) is 12.7 Å². The number of halogens is 1. The molecule has 0 bridgehead atoms. The van der Waals surface area contributed by atoms with Crippen LogP contribution >= 0.6 is 11.6 Å². The van der Waals surface area contributed by atoms with Crippen LogP contribution < -0.4 is 4.90 Å². The van der Waals surface area contributed by atoms with E-state index in [1.165, 1.54) is 0 Å². The molecule has 0 spiro atoms. The first kappa shape index (κ1) is 24.0. The number of piperazine rings is 1. The summed E-state index contributed by atoms with van der Waals surface area (Å²) in [7, 11) is -3.28. The molecule has 2 aromatic carbocycles. The molecule has 8 heteroatoms. The molecule has 2 saturated heterocycles. The molecule has 4 rings (SSSR count). The molecule has 2 aliphatic heterocycles. The van der Waals surface area contributed by atoms with Crippen molar-refractivity contribution in [2.75, 3.05) is 49.9 Å². The van der Waals surface area contributed by atoms with Crippen LogP contribution in [0.15, 0.2) is 54.6 Å². The first-order chi connectivity index (χ1) is 15.9. The summed E-state index contributed by atoms with van der Waals surface area (Å²) in [6.45, 7) is 3.80. The number of rotatable bonds is 7. The van der Waals surface area contributed by atoms with Gasteiger partial charge in [0.25, 0.3) is 0 Å². The van der Waals surface area contributed by atoms with Crippen LogP contribution in [0.25, 0.3) is 0 Å². The Bertz CT molecular complexity index is 1030. The highest BCUT2D eigenvalue weighted by atomic mass is 35.5. The van der Waals surface area contributed by atoms with Crippen molar-refractivity contribution >= 4 is 33.2 Å². The zero-order valence-electron chi connectivity index (χ0n) is 18.9. The Balaban J connectivity index is 1.22. The predicted molar refractivity (Wildman–Crippen MR) is 133 cm³/mol. The van der Waals surface area contributed by atoms with Crippen LogP contribution in [0.4, 0.5) is 5.69 Å². The maximum atomic E-state index is 13.1. The molecule has 0 atom stereocenters. The fourth-order valence-electron chi connectivity index (χ4n) is 4.73. The number of nitrogens with zero attached hydrogens (tertiary/aromatic N) is 3. The van der Waals surface area contributed by atoms with Crippen LogP contribution in [-0.2, 0) is 21.2 Å². The minimum absolute atomic E-state index is 0.0847. The van der Waals surface area contributed by atoms with Crippen molar-refractivity contribution in [2.24, 2.45) is 5.92 Å². The molecule has 178 valence electrons. The van der Waals surface area contributed by atoms with Gasteiger partial charge < -0.3 is 9.80 Å². The van der Waals surface area contributed by atoms with E-state index in [4.69, 9.17) is 11.6 Å². The highest BCUT2D eigenvalue weighted by molar-refractivity contribution is 7.89. The summed E-state index contributed by atoms with van der Waals surface area (Å²) in [4.78, 5) is 17.2. The lowest BCUT2D eigenvalue weighted by atomic mass is 9.96. The Labute approximate surface area is 202 Å². The first-order valence-electron chi connectivity index (χ1n) is 11.7. The van der Waals surface area contributed by atoms with Crippen LogP contribution in [0.2, 0.25) is 5.02 Å². The monoisotopic (exact) mass is 489 g/mol. The zero-order chi connectivity index (χ0) is 23.3. The van der Waals surface area contributed by atoms with Crippen molar-refractivity contribution in [1.29, 1.82) is 0 Å². The van der Waals surface area contributed by atoms with Crippen LogP contribution in [0.5, 0.6) is 0 Å². The third kappa shape index (κ3) is 6.28. The van der Waals surface area contributed by atoms with Crippen LogP contribution in [-0.4, -0.2) is 68.6 Å². The quantitative estimate of drug-likeness (QED) is 0.595. The molecule has 33 heavy (non-hydrogen) atoms. The average Bonchev–Trinajstić information content (AvgIpc) is 2.84. The molecular weight excluding hydrogens is 458 g/mol. The largest absolute Gasteiger partial charge is 0.368 e. The molecule has 2 heterocycles. The van der Waals surface area contributed by atoms with E-state index in [0.717, 1.165) is 30.8 Å². The number of hydrogen-bond donors (Lipinski definition) is 0. The lowest BCUT2D eigenvalue weighted by molar-refractivity contribution is -0.137. The van der Waals surface area contributed by atoms with Gasteiger partial charge in [0.15, 0.2) is 0 Å². The molecule has 1 amide bonds. The number of aryl methyl sites for hydroxylation is 1. The van der Waals surface area contributed by atoms with Gasteiger partial charge in [-0.2, -0.15) is 0 Å². The van der Waals surface area contributed by atoms with Gasteiger partial charge in [0, 0.05) is 55.9 Å². The van der Waals surface area contributed by atoms with Gasteiger partial charge in [-0.15, -0.1) is 0 Å². The van der Waals surface area contributed by atoms with Crippen LogP contribution in [0.3, 0.4) is 0 Å². The Kier molecular flexibility index (Phi) is 7.94. The molecule has 0 N–H and O–H groups in total. The Morgan fingerprint density at radius 1 is 0.909 bits per heavy atom. The SMILES string of the molecule is O=C(C1CCN(S(=O)(=O)CCCc2ccccc2)CC1)N1CCN(c2cccc(Cl)c2)CC1. The Hall–Kier alpha value is -2.09. The number of carbonyl (C=O) groups excluding carboxylic acids is 1. The fraction of sp³-hybridized carbons (Fsp3) is 0.480. The van der Waals surface area contributed by atoms with Crippen LogP contribution in [0, 0.1) is 5.92 Å². The number of anilines is 1. The van der Waals surface area contributed by atoms with Crippen molar-refractivity contribution in [3.63, 3.8) is 0 Å². The van der Waals surface area contributed by atoms with Crippen molar-refractivity contribution in [3.8, 4) is 0 Å². The van der Waals surface area contributed by atoms with E-state index in [9.17, 15) is 13.2 Å². The normalized spacial score (nSPS) is 18.5. The molecule has 6 nitrogen and oxygen atoms in total. The summed E-state index contributed by atoms with van der Waals surface area (Å²) in [5.41, 5.74) is 2.24. The lowest BCUT2D eigenvalue weighted by Gasteiger charge is -2.39. The number of carbonyl (C=O) groups is 1. The van der Waals surface area contributed by atoms with E-state index in [1.807, 2.05) is 59.5 Å². The van der Waals surface area contributed by atoms with E-state index in [0.29, 0.717) is 50.5 Å². The van der Waals surface area contributed by atoms with E-state index in [2.05, 4.69) is 4.90 Å². The highest BCUT2D eigenvalue weighted by Crippen LogP contribution is 2.25. The molecule has 0 saturated carbocycles. The molecule has 0 radical (unpaired) electrons. The van der Waals surface area contributed by atoms with Gasteiger partial charge in [0.2, 0.25) is 15.9 Å². The molecule has 0 aliphatic carbocycles. The highest BCUT2D eigenvalue weighted by Gasteiger charge is 2.33. The maximum Gasteiger partial charge on any atom is 0.225 e. The van der Waals surface area contributed by atoms with Gasteiger partial charge >= 0.3 is 0 Å². The second-order valence-electron chi connectivity index (χ2n) is 8.87. The number of piperidine rings is 1. The zero-order valence-corrected chi connectivity index (χ0v) is 20.5. The van der Waals surface area contributed by atoms with Crippen molar-refractivity contribution in [1.82, 2.24) is 9.21 Å². The lowest BCUT2D eigenvalue weighted by Crippen LogP contribution is -2.52. The minimum atomic E-state index is -3.28. The van der Waals surface area contributed by atoms with Crippen molar-refractivity contribution in [3.05, 3.63) is 65.2 Å². The van der Waals surface area contributed by atoms with Gasteiger partial charge in [0.1, 0.15) is 0 Å². The number of amides is 1. The Morgan fingerprint density at radius 2 is 1.61 bits per heavy atom. The van der Waals surface area contributed by atoms with Gasteiger partial charge in [-0.05, 0) is 49.4 Å². The van der Waals surface area contributed by atoms with Gasteiger partial charge in [-0.1, -0.05) is 48.0 Å². The standard InChI is InChI=1S/C25H32ClN3O3S/c26-23-9-4-10-24(20-23)27-15-17-28(18-16-27)25(30)22-11-13-29(14-12-22)33(31,32)19-5-8-21-6-2-1-3-7-21/h1-4,6-7,9-10,20,22H,5,8,11-19H2. The van der Waals surface area contributed by atoms with E-state index in [1.54, 1.807) is 4.31 Å². The average molecular weight is 490 g/mol. The number of hydrogen-bond acceptors (Lipinski definition) is 4. The second-order valence-corrected chi connectivity index (χ2v) is 11.4. The van der Waals surface area contributed by atoms with Gasteiger partial charge in [-0.3, -0.25) is 4.79 Å². The van der Waals surface area contributed by atoms with Crippen molar-refractivity contribution < 1.29 is 13.2 Å². The summed E-state index contributed by atoms with van der Waals surface area (Å²) < 4.78 is 27.1. The molecule has 0 unspecified atom stereocenters. The first-order valence-corrected chi connectivity index (χ1v) is 13.7. The Morgan fingerprint density at radius 3 is 2.27 bits per heavy atom. The third-order valence-corrected chi connectivity index (χ3v) is 8.86. The molecular formula is C25H32ClN3O3S. The summed E-state index contributed by atoms with van der Waals surface area (Å²) in [6, 6.07) is 17.8. The summed E-state index contributed by atoms with van der Waals surface area (Å²) in [5.74, 6) is 0.242. The number of sulfonamides is 1. The molecule has 0 aromatic heterocycles. The fourth-order valence-corrected chi connectivity index (χ4v) is 6.45. The van der Waals surface area contributed by atoms with Crippen molar-refractivity contribution in [2.45, 2.75) is 25.7 Å². The smallest absolute Gasteiger partial charge is 0.225 e. The van der Waals surface area contributed by atoms with Gasteiger partial charge in [0.05, 0.1) is 5.75 Å². The second kappa shape index (κ2) is 10.9. The summed E-state index contributed by atoms with van der Waals surface area (Å²) in [5, 5.41) is 0.716. The molecule has 2 fully saturated rings. The maximum absolute atomic E-state index is 13.1. The van der Waals surface area contributed by atoms with E-state index < -0.39 is 10.0 Å². The summed E-state index contributed by atoms with van der Waals surface area (Å²) >= 11 is 6.11. The minimum Gasteiger partial charge on any atom is -0.368 e. The number of benzene rings is 2. The predicted octanol–water partition coefficient (Wildman–Crippen LogP) is 3.66. The molecule has 2 aliphatic rings. The molecule has 2 aromatic rings. The van der Waals surface area contributed by atoms with E-state index >= 15 is 0 Å². The van der Waals surface area contributed by atoms with E-state index in [-0.39, 0.29) is 17.6 Å². The summed E-state index contributed by atoms with van der Waals surface area (Å²) in [6.07, 6.45) is 2.58. The van der Waals surface area contributed by atoms with Crippen LogP contribution in [0.1, 0.15) is 24.8 Å². The third-order valence-electron chi connectivity index (χ3n) is 6.67. The topological polar surface area (TPSA) is 60.9 Å².